The van der Waals surface area contributed by atoms with Gasteiger partial charge < -0.3 is 14.2 Å². The number of carbonyl (C=O) groups is 2. The second kappa shape index (κ2) is 53.4. The van der Waals surface area contributed by atoms with E-state index in [2.05, 4.69) is 148 Å². The zero-order valence-electron chi connectivity index (χ0n) is 41.2. The highest BCUT2D eigenvalue weighted by molar-refractivity contribution is 5.70. The number of esters is 2. The number of hydrogen-bond acceptors (Lipinski definition) is 5. The fourth-order valence-electron chi connectivity index (χ4n) is 6.47. The van der Waals surface area contributed by atoms with E-state index in [0.717, 1.165) is 116 Å². The Labute approximate surface area is 394 Å². The Morgan fingerprint density at radius 2 is 0.688 bits per heavy atom. The van der Waals surface area contributed by atoms with Crippen LogP contribution < -0.4 is 0 Å². The molecule has 0 aromatic rings. The Bertz CT molecular complexity index is 1370. The molecule has 0 heterocycles. The van der Waals surface area contributed by atoms with Gasteiger partial charge in [0.2, 0.25) is 0 Å². The van der Waals surface area contributed by atoms with Crippen molar-refractivity contribution in [3.8, 4) is 0 Å². The third-order valence-electron chi connectivity index (χ3n) is 10.2. The van der Waals surface area contributed by atoms with Gasteiger partial charge in [-0.25, -0.2) is 0 Å². The molecule has 0 aromatic heterocycles. The molecule has 0 aliphatic heterocycles. The number of unbranched alkanes of at least 4 members (excludes halogenated alkanes) is 12. The minimum Gasteiger partial charge on any atom is -0.462 e. The molecule has 1 atom stereocenters. The first kappa shape index (κ1) is 60.0. The summed E-state index contributed by atoms with van der Waals surface area (Å²) < 4.78 is 17.3. The standard InChI is InChI=1S/C59H94O5/c1-4-7-10-13-16-19-22-25-27-29-31-33-36-39-42-45-48-51-54-62-55-57(64-59(61)53-50-47-44-41-38-34-24-21-18-15-12-9-6-3)56-63-58(60)52-49-46-43-40-37-35-32-30-28-26-23-20-17-14-11-8-5-2/h7-12,16-21,25-28,31,33-34,38,44,47,57H,4-6,13-15,22-24,29-30,32,35-37,39-43,45-46,48-56H2,1-3H3/b10-7-,11-8-,12-9-,19-16-,20-17-,21-18-,27-25-,28-26-,33-31-,38-34-,47-44-. The van der Waals surface area contributed by atoms with Gasteiger partial charge >= 0.3 is 11.9 Å². The predicted molar refractivity (Wildman–Crippen MR) is 278 cm³/mol. The first-order chi connectivity index (χ1) is 31.6. The molecule has 5 heteroatoms. The van der Waals surface area contributed by atoms with E-state index in [0.29, 0.717) is 19.4 Å². The molecule has 0 saturated heterocycles. The summed E-state index contributed by atoms with van der Waals surface area (Å²) in [5.74, 6) is -0.523. The molecule has 64 heavy (non-hydrogen) atoms. The van der Waals surface area contributed by atoms with Gasteiger partial charge in [-0.1, -0.05) is 206 Å². The van der Waals surface area contributed by atoms with Crippen molar-refractivity contribution in [2.75, 3.05) is 19.8 Å². The van der Waals surface area contributed by atoms with Gasteiger partial charge in [0, 0.05) is 19.4 Å². The van der Waals surface area contributed by atoms with E-state index >= 15 is 0 Å². The molecule has 5 nitrogen and oxygen atoms in total. The van der Waals surface area contributed by atoms with Crippen molar-refractivity contribution in [3.63, 3.8) is 0 Å². The maximum Gasteiger partial charge on any atom is 0.306 e. The minimum absolute atomic E-state index is 0.0346. The Morgan fingerprint density at radius 1 is 0.344 bits per heavy atom. The number of hydrogen-bond donors (Lipinski definition) is 0. The van der Waals surface area contributed by atoms with E-state index in [1.54, 1.807) is 0 Å². The molecule has 0 aromatic carbocycles. The zero-order valence-corrected chi connectivity index (χ0v) is 41.2. The quantitative estimate of drug-likeness (QED) is 0.0346. The van der Waals surface area contributed by atoms with Crippen LogP contribution in [-0.2, 0) is 23.8 Å². The molecule has 0 spiro atoms. The molecule has 0 N–H and O–H groups in total. The molecular weight excluding hydrogens is 789 g/mol. The summed E-state index contributed by atoms with van der Waals surface area (Å²) in [6.07, 6.45) is 76.2. The minimum atomic E-state index is -0.598. The van der Waals surface area contributed by atoms with E-state index < -0.39 is 6.10 Å². The van der Waals surface area contributed by atoms with Crippen molar-refractivity contribution in [1.82, 2.24) is 0 Å². The summed E-state index contributed by atoms with van der Waals surface area (Å²) in [7, 11) is 0. The molecule has 1 unspecified atom stereocenters. The van der Waals surface area contributed by atoms with Crippen LogP contribution in [-0.4, -0.2) is 37.9 Å². The second-order valence-electron chi connectivity index (χ2n) is 16.3. The molecule has 0 saturated carbocycles. The van der Waals surface area contributed by atoms with Crippen LogP contribution in [0.4, 0.5) is 0 Å². The first-order valence-corrected chi connectivity index (χ1v) is 25.7. The lowest BCUT2D eigenvalue weighted by Gasteiger charge is -2.18. The molecule has 0 radical (unpaired) electrons. The van der Waals surface area contributed by atoms with Crippen molar-refractivity contribution in [2.24, 2.45) is 0 Å². The fourth-order valence-corrected chi connectivity index (χ4v) is 6.47. The van der Waals surface area contributed by atoms with Gasteiger partial charge in [-0.05, 0) is 116 Å². The highest BCUT2D eigenvalue weighted by Gasteiger charge is 2.17. The maximum absolute atomic E-state index is 12.8. The van der Waals surface area contributed by atoms with Crippen LogP contribution in [0, 0.1) is 0 Å². The Balaban J connectivity index is 4.42. The molecule has 0 aliphatic rings. The van der Waals surface area contributed by atoms with E-state index in [-0.39, 0.29) is 31.6 Å². The van der Waals surface area contributed by atoms with Crippen LogP contribution in [0.5, 0.6) is 0 Å². The summed E-state index contributed by atoms with van der Waals surface area (Å²) in [4.78, 5) is 25.4. The molecular formula is C59H94O5. The van der Waals surface area contributed by atoms with Crippen molar-refractivity contribution >= 4 is 11.9 Å². The monoisotopic (exact) mass is 883 g/mol. The molecule has 0 amide bonds. The zero-order chi connectivity index (χ0) is 46.3. The topological polar surface area (TPSA) is 61.8 Å². The number of rotatable bonds is 45. The van der Waals surface area contributed by atoms with E-state index in [9.17, 15) is 9.59 Å². The molecule has 0 bridgehead atoms. The Morgan fingerprint density at radius 3 is 1.11 bits per heavy atom. The van der Waals surface area contributed by atoms with Crippen LogP contribution in [0.1, 0.15) is 201 Å². The van der Waals surface area contributed by atoms with Gasteiger partial charge in [0.25, 0.3) is 0 Å². The van der Waals surface area contributed by atoms with Gasteiger partial charge in [-0.2, -0.15) is 0 Å². The number of ether oxygens (including phenoxy) is 3. The number of allylic oxidation sites excluding steroid dienone is 22. The van der Waals surface area contributed by atoms with Gasteiger partial charge in [0.1, 0.15) is 6.61 Å². The average molecular weight is 883 g/mol. The molecule has 0 fully saturated rings. The fraction of sp³-hybridized carbons (Fsp3) is 0.593. The SMILES string of the molecule is CC/C=C\C/C=C\C/C=C\C/C=C\CCCCCCCOCC(COC(=O)CCCCCCCCC/C=C\C/C=C\C/C=C\CC)OC(=O)CC/C=C\C/C=C\C/C=C\C/C=C\CC. The smallest absolute Gasteiger partial charge is 0.306 e. The lowest BCUT2D eigenvalue weighted by Crippen LogP contribution is -2.30. The summed E-state index contributed by atoms with van der Waals surface area (Å²) in [5, 5.41) is 0. The van der Waals surface area contributed by atoms with E-state index in [4.69, 9.17) is 14.2 Å². The lowest BCUT2D eigenvalue weighted by molar-refractivity contribution is -0.162. The van der Waals surface area contributed by atoms with Gasteiger partial charge in [0.05, 0.1) is 6.61 Å². The highest BCUT2D eigenvalue weighted by atomic mass is 16.6. The van der Waals surface area contributed by atoms with Crippen LogP contribution in [0.15, 0.2) is 134 Å². The lowest BCUT2D eigenvalue weighted by atomic mass is 10.1. The largest absolute Gasteiger partial charge is 0.462 e. The second-order valence-corrected chi connectivity index (χ2v) is 16.3. The van der Waals surface area contributed by atoms with Gasteiger partial charge in [-0.15, -0.1) is 0 Å². The summed E-state index contributed by atoms with van der Waals surface area (Å²) in [5.41, 5.74) is 0. The van der Waals surface area contributed by atoms with Crippen molar-refractivity contribution in [2.45, 2.75) is 207 Å². The summed E-state index contributed by atoms with van der Waals surface area (Å²) >= 11 is 0. The van der Waals surface area contributed by atoms with E-state index in [1.165, 1.54) is 44.9 Å². The number of carbonyl (C=O) groups excluding carboxylic acids is 2. The normalized spacial score (nSPS) is 13.4. The average Bonchev–Trinajstić information content (AvgIpc) is 3.30. The van der Waals surface area contributed by atoms with Crippen LogP contribution >= 0.6 is 0 Å². The Kier molecular flexibility index (Phi) is 50.1. The first-order valence-electron chi connectivity index (χ1n) is 25.7. The molecule has 360 valence electrons. The van der Waals surface area contributed by atoms with Gasteiger partial charge in [-0.3, -0.25) is 9.59 Å². The van der Waals surface area contributed by atoms with Gasteiger partial charge in [0.15, 0.2) is 6.10 Å². The van der Waals surface area contributed by atoms with E-state index in [1.807, 2.05) is 6.08 Å². The maximum atomic E-state index is 12.8. The third-order valence-corrected chi connectivity index (χ3v) is 10.2. The van der Waals surface area contributed by atoms with Crippen LogP contribution in [0.3, 0.4) is 0 Å². The highest BCUT2D eigenvalue weighted by Crippen LogP contribution is 2.12. The van der Waals surface area contributed by atoms with Crippen LogP contribution in [0.25, 0.3) is 0 Å². The molecule has 0 rings (SSSR count). The van der Waals surface area contributed by atoms with Crippen molar-refractivity contribution < 1.29 is 23.8 Å². The predicted octanol–water partition coefficient (Wildman–Crippen LogP) is 17.6. The molecule has 0 aliphatic carbocycles. The van der Waals surface area contributed by atoms with Crippen molar-refractivity contribution in [3.05, 3.63) is 134 Å². The summed E-state index contributed by atoms with van der Waals surface area (Å²) in [6, 6.07) is 0. The van der Waals surface area contributed by atoms with Crippen molar-refractivity contribution in [1.29, 1.82) is 0 Å². The Hall–Kier alpha value is -3.96. The van der Waals surface area contributed by atoms with Crippen LogP contribution in [0.2, 0.25) is 0 Å². The third kappa shape index (κ3) is 50.7. The summed E-state index contributed by atoms with van der Waals surface area (Å²) in [6.45, 7) is 7.34.